The summed E-state index contributed by atoms with van der Waals surface area (Å²) >= 11 is 0. The van der Waals surface area contributed by atoms with Gasteiger partial charge in [-0.1, -0.05) is 23.8 Å². The molecule has 1 heterocycles. The highest BCUT2D eigenvalue weighted by molar-refractivity contribution is 6.05. The van der Waals surface area contributed by atoms with Gasteiger partial charge in [-0.15, -0.1) is 0 Å². The normalized spacial score (nSPS) is 11.5. The van der Waals surface area contributed by atoms with E-state index < -0.39 is 29.2 Å². The van der Waals surface area contributed by atoms with E-state index in [1.54, 1.807) is 32.0 Å². The molecule has 27 heavy (non-hydrogen) atoms. The first kappa shape index (κ1) is 18.6. The molecule has 0 fully saturated rings. The average molecular weight is 377 g/mol. The lowest BCUT2D eigenvalue weighted by Gasteiger charge is -2.13. The molecule has 1 amide bonds. The minimum Gasteiger partial charge on any atom is -0.319 e. The molecule has 1 N–H and O–H groups in total. The lowest BCUT2D eigenvalue weighted by atomic mass is 10.1. The van der Waals surface area contributed by atoms with Crippen molar-refractivity contribution in [3.05, 3.63) is 76.9 Å². The Bertz CT molecular complexity index is 991. The minimum atomic E-state index is -4.83. The Morgan fingerprint density at radius 1 is 1.04 bits per heavy atom. The topological polar surface area (TPSA) is 46.9 Å². The summed E-state index contributed by atoms with van der Waals surface area (Å²) < 4.78 is 55.4. The van der Waals surface area contributed by atoms with E-state index in [4.69, 9.17) is 0 Å². The van der Waals surface area contributed by atoms with Gasteiger partial charge in [-0.25, -0.2) is 9.07 Å². The molecule has 8 heteroatoms. The van der Waals surface area contributed by atoms with Crippen molar-refractivity contribution in [2.45, 2.75) is 20.0 Å². The second-order valence-electron chi connectivity index (χ2n) is 6.09. The number of hydrogen-bond donors (Lipinski definition) is 1. The van der Waals surface area contributed by atoms with Crippen molar-refractivity contribution in [2.75, 3.05) is 5.32 Å². The van der Waals surface area contributed by atoms with Crippen LogP contribution in [-0.2, 0) is 6.18 Å². The zero-order valence-corrected chi connectivity index (χ0v) is 14.4. The van der Waals surface area contributed by atoms with Gasteiger partial charge < -0.3 is 5.32 Å². The molecule has 1 aromatic heterocycles. The van der Waals surface area contributed by atoms with E-state index >= 15 is 0 Å². The van der Waals surface area contributed by atoms with Crippen molar-refractivity contribution in [2.24, 2.45) is 0 Å². The molecule has 0 saturated carbocycles. The smallest absolute Gasteiger partial charge is 0.319 e. The summed E-state index contributed by atoms with van der Waals surface area (Å²) in [6, 6.07) is 10.2. The molecule has 3 aromatic rings. The maximum absolute atomic E-state index is 13.9. The van der Waals surface area contributed by atoms with Gasteiger partial charge in [0, 0.05) is 0 Å². The third kappa shape index (κ3) is 3.84. The molecule has 3 rings (SSSR count). The van der Waals surface area contributed by atoms with Crippen LogP contribution in [0.25, 0.3) is 5.69 Å². The van der Waals surface area contributed by atoms with Crippen LogP contribution >= 0.6 is 0 Å². The first-order chi connectivity index (χ1) is 12.7. The van der Waals surface area contributed by atoms with Crippen molar-refractivity contribution in [1.82, 2.24) is 9.78 Å². The maximum atomic E-state index is 13.9. The SMILES string of the molecule is Cc1ccc(-n2ncc(C(=O)Nc3ccc(C)cc3F)c2C(F)(F)F)cc1. The summed E-state index contributed by atoms with van der Waals surface area (Å²) in [4.78, 5) is 12.4. The molecular formula is C19H15F4N3O. The Kier molecular flexibility index (Phi) is 4.73. The quantitative estimate of drug-likeness (QED) is 0.660. The van der Waals surface area contributed by atoms with Crippen LogP contribution in [0.5, 0.6) is 0 Å². The van der Waals surface area contributed by atoms with Gasteiger partial charge in [-0.2, -0.15) is 18.3 Å². The van der Waals surface area contributed by atoms with E-state index in [2.05, 4.69) is 10.4 Å². The van der Waals surface area contributed by atoms with Crippen molar-refractivity contribution in [3.8, 4) is 5.69 Å². The Hall–Kier alpha value is -3.16. The third-order valence-corrected chi connectivity index (χ3v) is 3.93. The van der Waals surface area contributed by atoms with Crippen molar-refractivity contribution >= 4 is 11.6 Å². The number of aromatic nitrogens is 2. The second kappa shape index (κ2) is 6.86. The van der Waals surface area contributed by atoms with E-state index in [0.29, 0.717) is 10.2 Å². The largest absolute Gasteiger partial charge is 0.434 e. The van der Waals surface area contributed by atoms with Crippen LogP contribution in [0.4, 0.5) is 23.2 Å². The molecule has 140 valence electrons. The van der Waals surface area contributed by atoms with Crippen LogP contribution in [0.15, 0.2) is 48.7 Å². The summed E-state index contributed by atoms with van der Waals surface area (Å²) in [5, 5.41) is 5.90. The number of carbonyl (C=O) groups is 1. The third-order valence-electron chi connectivity index (χ3n) is 3.93. The minimum absolute atomic E-state index is 0.161. The lowest BCUT2D eigenvalue weighted by molar-refractivity contribution is -0.143. The van der Waals surface area contributed by atoms with E-state index in [-0.39, 0.29) is 11.4 Å². The van der Waals surface area contributed by atoms with Gasteiger partial charge in [0.15, 0.2) is 5.69 Å². The fraction of sp³-hybridized carbons (Fsp3) is 0.158. The van der Waals surface area contributed by atoms with Gasteiger partial charge >= 0.3 is 6.18 Å². The number of hydrogen-bond acceptors (Lipinski definition) is 2. The fourth-order valence-electron chi connectivity index (χ4n) is 2.58. The van der Waals surface area contributed by atoms with Gasteiger partial charge in [-0.05, 0) is 43.7 Å². The number of benzene rings is 2. The van der Waals surface area contributed by atoms with Crippen LogP contribution in [-0.4, -0.2) is 15.7 Å². The molecule has 0 radical (unpaired) electrons. The number of nitrogens with one attached hydrogen (secondary N) is 1. The van der Waals surface area contributed by atoms with Crippen LogP contribution in [0, 0.1) is 19.7 Å². The highest BCUT2D eigenvalue weighted by atomic mass is 19.4. The zero-order valence-electron chi connectivity index (χ0n) is 14.4. The Morgan fingerprint density at radius 3 is 2.26 bits per heavy atom. The van der Waals surface area contributed by atoms with Gasteiger partial charge in [0.2, 0.25) is 0 Å². The number of nitrogens with zero attached hydrogens (tertiary/aromatic N) is 2. The molecule has 0 unspecified atom stereocenters. The standard InChI is InChI=1S/C19H15F4N3O/c1-11-3-6-13(7-4-11)26-17(19(21,22)23)14(10-24-26)18(27)25-16-8-5-12(2)9-15(16)20/h3-10H,1-2H3,(H,25,27). The monoisotopic (exact) mass is 377 g/mol. The molecule has 2 aromatic carbocycles. The second-order valence-corrected chi connectivity index (χ2v) is 6.09. The molecule has 0 atom stereocenters. The van der Waals surface area contributed by atoms with Crippen molar-refractivity contribution < 1.29 is 22.4 Å². The van der Waals surface area contributed by atoms with Gasteiger partial charge in [0.1, 0.15) is 5.82 Å². The molecule has 0 saturated heterocycles. The number of rotatable bonds is 3. The molecule has 0 aliphatic rings. The maximum Gasteiger partial charge on any atom is 0.434 e. The van der Waals surface area contributed by atoms with E-state index in [9.17, 15) is 22.4 Å². The Morgan fingerprint density at radius 2 is 1.67 bits per heavy atom. The number of anilines is 1. The zero-order chi connectivity index (χ0) is 19.8. The molecule has 0 aliphatic heterocycles. The summed E-state index contributed by atoms with van der Waals surface area (Å²) in [7, 11) is 0. The van der Waals surface area contributed by atoms with Crippen LogP contribution in [0.3, 0.4) is 0 Å². The Balaban J connectivity index is 2.02. The lowest BCUT2D eigenvalue weighted by Crippen LogP contribution is -2.21. The number of aryl methyl sites for hydroxylation is 2. The summed E-state index contributed by atoms with van der Waals surface area (Å²) in [6.45, 7) is 3.45. The summed E-state index contributed by atoms with van der Waals surface area (Å²) in [5.41, 5.74) is -0.476. The van der Waals surface area contributed by atoms with E-state index in [1.807, 2.05) is 0 Å². The molecule has 0 aliphatic carbocycles. The van der Waals surface area contributed by atoms with Crippen LogP contribution in [0.1, 0.15) is 27.2 Å². The predicted octanol–water partition coefficient (Wildman–Crippen LogP) is 4.90. The summed E-state index contributed by atoms with van der Waals surface area (Å²) in [6.07, 6.45) is -4.01. The number of amides is 1. The van der Waals surface area contributed by atoms with E-state index in [1.165, 1.54) is 24.3 Å². The average Bonchev–Trinajstić information content (AvgIpc) is 3.03. The van der Waals surface area contributed by atoms with E-state index in [0.717, 1.165) is 11.8 Å². The summed E-state index contributed by atoms with van der Waals surface area (Å²) in [5.74, 6) is -1.83. The van der Waals surface area contributed by atoms with Gasteiger partial charge in [-0.3, -0.25) is 4.79 Å². The van der Waals surface area contributed by atoms with Gasteiger partial charge in [0.05, 0.1) is 23.1 Å². The Labute approximate surface area is 152 Å². The molecule has 0 bridgehead atoms. The van der Waals surface area contributed by atoms with Gasteiger partial charge in [0.25, 0.3) is 5.91 Å². The van der Waals surface area contributed by atoms with Crippen LogP contribution in [0.2, 0.25) is 0 Å². The number of halogens is 4. The van der Waals surface area contributed by atoms with Crippen molar-refractivity contribution in [1.29, 1.82) is 0 Å². The van der Waals surface area contributed by atoms with Crippen molar-refractivity contribution in [3.63, 3.8) is 0 Å². The molecule has 4 nitrogen and oxygen atoms in total. The molecule has 0 spiro atoms. The molecular weight excluding hydrogens is 362 g/mol. The predicted molar refractivity (Wildman–Crippen MR) is 92.4 cm³/mol. The number of alkyl halides is 3. The first-order valence-corrected chi connectivity index (χ1v) is 7.96. The van der Waals surface area contributed by atoms with Crippen LogP contribution < -0.4 is 5.32 Å². The number of carbonyl (C=O) groups excluding carboxylic acids is 1. The first-order valence-electron chi connectivity index (χ1n) is 7.96. The highest BCUT2D eigenvalue weighted by Crippen LogP contribution is 2.34. The highest BCUT2D eigenvalue weighted by Gasteiger charge is 2.40. The fourth-order valence-corrected chi connectivity index (χ4v) is 2.58.